The Hall–Kier alpha value is -2.80. The number of hydrogen-bond donors (Lipinski definition) is 0. The molecule has 1 aromatic heterocycles. The number of benzene rings is 2. The van der Waals surface area contributed by atoms with E-state index in [0.717, 1.165) is 51.8 Å². The highest BCUT2D eigenvalue weighted by Gasteiger charge is 2.21. The van der Waals surface area contributed by atoms with Gasteiger partial charge >= 0.3 is 0 Å². The fourth-order valence-corrected chi connectivity index (χ4v) is 4.94. The van der Waals surface area contributed by atoms with Gasteiger partial charge in [-0.3, -0.25) is 4.79 Å². The number of hydrogen-bond acceptors (Lipinski definition) is 4. The van der Waals surface area contributed by atoms with E-state index in [0.29, 0.717) is 36.3 Å². The topological polar surface area (TPSA) is 52.8 Å². The largest absolute Gasteiger partial charge is 0.348 e. The number of nitrogens with zero attached hydrogens (tertiary/aromatic N) is 2. The van der Waals surface area contributed by atoms with Gasteiger partial charge < -0.3 is 14.0 Å². The van der Waals surface area contributed by atoms with E-state index in [-0.39, 0.29) is 11.7 Å². The first-order valence-electron chi connectivity index (χ1n) is 11.6. The molecule has 174 valence electrons. The molecule has 0 amide bonds. The van der Waals surface area contributed by atoms with Gasteiger partial charge in [0.25, 0.3) is 0 Å². The van der Waals surface area contributed by atoms with Gasteiger partial charge in [0.05, 0.1) is 35.6 Å². The van der Waals surface area contributed by atoms with Gasteiger partial charge in [-0.15, -0.1) is 0 Å². The van der Waals surface area contributed by atoms with Crippen molar-refractivity contribution in [1.82, 2.24) is 4.57 Å². The third-order valence-corrected chi connectivity index (χ3v) is 6.92. The highest BCUT2D eigenvalue weighted by Crippen LogP contribution is 2.30. The first-order valence-corrected chi connectivity index (χ1v) is 12.4. The predicted molar refractivity (Wildman–Crippen MR) is 140 cm³/mol. The van der Waals surface area contributed by atoms with E-state index < -0.39 is 0 Å². The number of rotatable bonds is 5. The Kier molecular flexibility index (Phi) is 6.63. The van der Waals surface area contributed by atoms with Crippen LogP contribution in [0.2, 0.25) is 0 Å². The number of pyridine rings is 1. The minimum Gasteiger partial charge on any atom is -0.348 e. The molecule has 6 heteroatoms. The van der Waals surface area contributed by atoms with Crippen LogP contribution in [0, 0.1) is 6.92 Å². The minimum absolute atomic E-state index is 0.0218. The third kappa shape index (κ3) is 4.58. The van der Waals surface area contributed by atoms with Gasteiger partial charge in [0.2, 0.25) is 0 Å². The van der Waals surface area contributed by atoms with Gasteiger partial charge in [-0.25, -0.2) is 4.99 Å². The van der Waals surface area contributed by atoms with Crippen molar-refractivity contribution >= 4 is 37.0 Å². The quantitative estimate of drug-likeness (QED) is 0.399. The van der Waals surface area contributed by atoms with Gasteiger partial charge in [-0.2, -0.15) is 0 Å². The number of ether oxygens (including phenoxy) is 2. The normalized spacial score (nSPS) is 16.9. The van der Waals surface area contributed by atoms with Crippen molar-refractivity contribution in [3.63, 3.8) is 0 Å². The van der Waals surface area contributed by atoms with Crippen molar-refractivity contribution in [2.75, 3.05) is 13.2 Å². The lowest BCUT2D eigenvalue weighted by atomic mass is 9.95. The van der Waals surface area contributed by atoms with Gasteiger partial charge in [0, 0.05) is 22.7 Å². The average molecular weight is 519 g/mol. The Morgan fingerprint density at radius 2 is 2.00 bits per heavy atom. The minimum atomic E-state index is -0.385. The molecule has 0 radical (unpaired) electrons. The molecule has 0 saturated carbocycles. The maximum Gasteiger partial charge on any atom is 0.197 e. The zero-order valence-corrected chi connectivity index (χ0v) is 20.8. The molecule has 0 atom stereocenters. The van der Waals surface area contributed by atoms with Crippen molar-refractivity contribution in [2.24, 2.45) is 4.99 Å². The maximum atomic E-state index is 13.5. The molecule has 5 rings (SSSR count). The van der Waals surface area contributed by atoms with Crippen LogP contribution in [0.25, 0.3) is 16.5 Å². The van der Waals surface area contributed by atoms with Crippen LogP contribution >= 0.6 is 15.9 Å². The second-order valence-electron chi connectivity index (χ2n) is 8.72. The van der Waals surface area contributed by atoms with Gasteiger partial charge in [0.15, 0.2) is 11.7 Å². The summed E-state index contributed by atoms with van der Waals surface area (Å²) in [4.78, 5) is 18.2. The van der Waals surface area contributed by atoms with Gasteiger partial charge in [-0.05, 0) is 77.0 Å². The van der Waals surface area contributed by atoms with Crippen molar-refractivity contribution in [1.29, 1.82) is 0 Å². The van der Waals surface area contributed by atoms with Crippen LogP contribution in [0.3, 0.4) is 0 Å². The molecule has 2 aliphatic rings. The molecule has 0 aliphatic carbocycles. The summed E-state index contributed by atoms with van der Waals surface area (Å²) in [6.45, 7) is 8.32. The van der Waals surface area contributed by atoms with Crippen LogP contribution in [0.5, 0.6) is 0 Å². The zero-order chi connectivity index (χ0) is 23.7. The molecule has 2 aliphatic heterocycles. The Morgan fingerprint density at radius 3 is 2.79 bits per heavy atom. The second kappa shape index (κ2) is 9.82. The molecule has 2 aromatic carbocycles. The number of halogens is 1. The fourth-order valence-electron chi connectivity index (χ4n) is 4.49. The number of fused-ring (bicyclic) bond motifs is 1. The Labute approximate surface area is 207 Å². The van der Waals surface area contributed by atoms with Crippen molar-refractivity contribution in [3.05, 3.63) is 99.5 Å². The van der Waals surface area contributed by atoms with Crippen LogP contribution in [0.4, 0.5) is 0 Å². The van der Waals surface area contributed by atoms with Crippen LogP contribution in [-0.2, 0) is 16.0 Å². The van der Waals surface area contributed by atoms with Crippen LogP contribution < -0.4 is 5.43 Å². The van der Waals surface area contributed by atoms with E-state index in [4.69, 9.17) is 9.47 Å². The van der Waals surface area contributed by atoms with Crippen LogP contribution in [0.15, 0.2) is 76.8 Å². The summed E-state index contributed by atoms with van der Waals surface area (Å²) in [5, 5.41) is 0.673. The zero-order valence-electron chi connectivity index (χ0n) is 19.2. The molecular weight excluding hydrogens is 492 g/mol. The number of allylic oxidation sites excluding steroid dienone is 2. The summed E-state index contributed by atoms with van der Waals surface area (Å²) in [5.74, 6) is 0. The summed E-state index contributed by atoms with van der Waals surface area (Å²) in [7, 11) is 0. The third-order valence-electron chi connectivity index (χ3n) is 6.35. The molecule has 34 heavy (non-hydrogen) atoms. The molecular formula is C28H27BrN2O3. The molecule has 1 fully saturated rings. The van der Waals surface area contributed by atoms with Crippen LogP contribution in [0.1, 0.15) is 47.8 Å². The lowest BCUT2D eigenvalue weighted by molar-refractivity contribution is -0.183. The van der Waals surface area contributed by atoms with Gasteiger partial charge in [0.1, 0.15) is 0 Å². The van der Waals surface area contributed by atoms with Crippen molar-refractivity contribution in [3.8, 4) is 0 Å². The molecule has 0 spiro atoms. The van der Waals surface area contributed by atoms with E-state index in [1.807, 2.05) is 55.6 Å². The molecule has 0 unspecified atom stereocenters. The molecule has 0 bridgehead atoms. The standard InChI is InChI=1S/C28H27BrN2O3/c1-18-11-12-20(15-23(18)28-33-13-6-14-34-28)19(2)24-17-31(16-21-7-5-10-26(29)30-21)25-9-4-3-8-22(25)27(24)32/h3-4,7-9,11-12,15,17,28H,2,5-6,10,13-14,16H2,1H3. The Bertz CT molecular complexity index is 1380. The maximum absolute atomic E-state index is 13.5. The van der Waals surface area contributed by atoms with Crippen LogP contribution in [-0.4, -0.2) is 22.4 Å². The summed E-state index contributed by atoms with van der Waals surface area (Å²) in [6, 6.07) is 13.8. The smallest absolute Gasteiger partial charge is 0.197 e. The monoisotopic (exact) mass is 518 g/mol. The predicted octanol–water partition coefficient (Wildman–Crippen LogP) is 6.28. The highest BCUT2D eigenvalue weighted by atomic mass is 79.9. The van der Waals surface area contributed by atoms with E-state index in [2.05, 4.69) is 38.1 Å². The SMILES string of the molecule is C=C(c1ccc(C)c(C2OCCCO2)c1)c1cn(CC2=CCCC(Br)=N2)c2ccccc2c1=O. The number of para-hydroxylation sites is 1. The first kappa shape index (κ1) is 23.0. The average Bonchev–Trinajstić information content (AvgIpc) is 2.86. The van der Waals surface area contributed by atoms with E-state index >= 15 is 0 Å². The first-order chi connectivity index (χ1) is 16.5. The second-order valence-corrected chi connectivity index (χ2v) is 9.63. The van der Waals surface area contributed by atoms with Crippen molar-refractivity contribution < 1.29 is 9.47 Å². The lowest BCUT2D eigenvalue weighted by Crippen LogP contribution is -2.19. The molecule has 0 N–H and O–H groups in total. The molecule has 5 nitrogen and oxygen atoms in total. The van der Waals surface area contributed by atoms with Gasteiger partial charge in [-0.1, -0.05) is 36.9 Å². The van der Waals surface area contributed by atoms with Crippen molar-refractivity contribution in [2.45, 2.75) is 39.0 Å². The highest BCUT2D eigenvalue weighted by molar-refractivity contribution is 9.18. The number of aryl methyl sites for hydroxylation is 1. The summed E-state index contributed by atoms with van der Waals surface area (Å²) >= 11 is 3.53. The summed E-state index contributed by atoms with van der Waals surface area (Å²) in [6.07, 6.45) is 6.45. The van der Waals surface area contributed by atoms with E-state index in [9.17, 15) is 4.79 Å². The lowest BCUT2D eigenvalue weighted by Gasteiger charge is -2.25. The fraction of sp³-hybridized carbons (Fsp3) is 0.286. The number of aromatic nitrogens is 1. The number of aliphatic imine (C=N–C) groups is 1. The molecule has 3 aromatic rings. The summed E-state index contributed by atoms with van der Waals surface area (Å²) in [5.41, 5.74) is 6.06. The van der Waals surface area contributed by atoms with E-state index in [1.54, 1.807) is 0 Å². The Balaban J connectivity index is 1.57. The summed E-state index contributed by atoms with van der Waals surface area (Å²) < 4.78 is 14.7. The van der Waals surface area contributed by atoms with E-state index in [1.165, 1.54) is 0 Å². The molecule has 1 saturated heterocycles. The molecule has 3 heterocycles. The Morgan fingerprint density at radius 1 is 1.21 bits per heavy atom.